The van der Waals surface area contributed by atoms with Crippen molar-refractivity contribution < 1.29 is 14.3 Å². The van der Waals surface area contributed by atoms with Gasteiger partial charge in [-0.1, -0.05) is 46.2 Å². The highest BCUT2D eigenvalue weighted by molar-refractivity contribution is 9.10. The number of rotatable bonds is 4. The fourth-order valence-electron chi connectivity index (χ4n) is 3.77. The lowest BCUT2D eigenvalue weighted by Gasteiger charge is -2.39. The molecule has 3 aromatic rings. The summed E-state index contributed by atoms with van der Waals surface area (Å²) in [5.41, 5.74) is 3.92. The van der Waals surface area contributed by atoms with E-state index in [1.165, 1.54) is 0 Å². The van der Waals surface area contributed by atoms with E-state index >= 15 is 0 Å². The third-order valence-corrected chi connectivity index (χ3v) is 6.36. The van der Waals surface area contributed by atoms with Crippen LogP contribution in [0.3, 0.4) is 0 Å². The quantitative estimate of drug-likeness (QED) is 0.362. The van der Waals surface area contributed by atoms with Crippen molar-refractivity contribution in [3.05, 3.63) is 93.9 Å². The summed E-state index contributed by atoms with van der Waals surface area (Å²) in [6.07, 6.45) is 0.686. The molecule has 0 saturated carbocycles. The minimum absolute atomic E-state index is 0.0297. The average molecular weight is 586 g/mol. The van der Waals surface area contributed by atoms with Crippen molar-refractivity contribution in [1.29, 1.82) is 5.26 Å². The van der Waals surface area contributed by atoms with E-state index in [-0.39, 0.29) is 12.8 Å². The molecule has 37 heavy (non-hydrogen) atoms. The molecule has 1 aliphatic heterocycles. The van der Waals surface area contributed by atoms with Crippen LogP contribution >= 0.6 is 27.5 Å². The Balaban J connectivity index is 0.000000367. The van der Waals surface area contributed by atoms with Gasteiger partial charge < -0.3 is 14.3 Å². The molecule has 0 spiro atoms. The average Bonchev–Trinajstić information content (AvgIpc) is 2.92. The molecule has 2 N–H and O–H groups in total. The first-order valence-corrected chi connectivity index (χ1v) is 12.4. The number of nitrogens with zero attached hydrogens (tertiary/aromatic N) is 3. The number of ether oxygens (including phenoxy) is 2. The van der Waals surface area contributed by atoms with Gasteiger partial charge in [-0.15, -0.1) is 0 Å². The van der Waals surface area contributed by atoms with Crippen molar-refractivity contribution in [2.24, 2.45) is 5.84 Å². The van der Waals surface area contributed by atoms with Crippen LogP contribution in [0.1, 0.15) is 23.7 Å². The highest BCUT2D eigenvalue weighted by Gasteiger charge is 2.27. The number of hydrogen-bond acceptors (Lipinski definition) is 7. The Morgan fingerprint density at radius 2 is 1.73 bits per heavy atom. The normalized spacial score (nSPS) is 14.9. The molecule has 1 atom stereocenters. The fourth-order valence-corrected chi connectivity index (χ4v) is 4.20. The highest BCUT2D eigenvalue weighted by Crippen LogP contribution is 2.37. The first kappa shape index (κ1) is 29.9. The molecule has 7 nitrogen and oxygen atoms in total. The largest absolute Gasteiger partial charge is 0.497 e. The molecule has 3 aromatic carbocycles. The predicted molar refractivity (Wildman–Crippen MR) is 153 cm³/mol. The van der Waals surface area contributed by atoms with E-state index in [0.717, 1.165) is 45.6 Å². The minimum atomic E-state index is -0.145. The van der Waals surface area contributed by atoms with Crippen molar-refractivity contribution in [1.82, 2.24) is 4.90 Å². The number of hydrogen-bond donors (Lipinski definition) is 1. The van der Waals surface area contributed by atoms with Gasteiger partial charge in [-0.3, -0.25) is 9.91 Å². The first-order valence-electron chi connectivity index (χ1n) is 11.2. The van der Waals surface area contributed by atoms with Gasteiger partial charge in [0.25, 0.3) is 0 Å². The Morgan fingerprint density at radius 1 is 1.11 bits per heavy atom. The molecule has 0 amide bonds. The third kappa shape index (κ3) is 8.34. The minimum Gasteiger partial charge on any atom is -0.497 e. The van der Waals surface area contributed by atoms with E-state index in [2.05, 4.69) is 27.4 Å². The molecule has 0 aliphatic carbocycles. The molecule has 9 heteroatoms. The lowest BCUT2D eigenvalue weighted by molar-refractivity contribution is -0.0979. The Bertz CT molecular complexity index is 1200. The van der Waals surface area contributed by atoms with Crippen molar-refractivity contribution in [3.8, 4) is 17.6 Å². The van der Waals surface area contributed by atoms with Crippen LogP contribution in [-0.4, -0.2) is 39.0 Å². The molecule has 0 radical (unpaired) electrons. The number of benzene rings is 3. The van der Waals surface area contributed by atoms with Crippen LogP contribution in [0.4, 0.5) is 5.69 Å². The number of halogens is 2. The summed E-state index contributed by atoms with van der Waals surface area (Å²) in [4.78, 5) is 10.2. The van der Waals surface area contributed by atoms with Crippen LogP contribution in [0.15, 0.2) is 77.8 Å². The van der Waals surface area contributed by atoms with Gasteiger partial charge in [0.1, 0.15) is 30.5 Å². The Kier molecular flexibility index (Phi) is 12.1. The van der Waals surface area contributed by atoms with Gasteiger partial charge in [0.15, 0.2) is 6.61 Å². The van der Waals surface area contributed by atoms with Gasteiger partial charge in [0.05, 0.1) is 12.8 Å². The third-order valence-electron chi connectivity index (χ3n) is 5.60. The number of nitrogens with two attached hydrogens (primary N) is 1. The number of carbonyl (C=O) groups excluding carboxylic acids is 1. The number of hydrazine groups is 1. The SMILES string of the molecule is C=C1CCN(C)C(c2ccc(OCC#N)cc2)N(N)c2ccc(Cl)cc21.C=O.COc1ccc(Br)cc1. The molecule has 0 fully saturated rings. The Morgan fingerprint density at radius 3 is 2.32 bits per heavy atom. The van der Waals surface area contributed by atoms with E-state index in [1.807, 2.05) is 86.6 Å². The highest BCUT2D eigenvalue weighted by atomic mass is 79.9. The molecule has 1 heterocycles. The second-order valence-electron chi connectivity index (χ2n) is 7.95. The fraction of sp³-hybridized carbons (Fsp3) is 0.214. The van der Waals surface area contributed by atoms with Gasteiger partial charge in [0, 0.05) is 21.6 Å². The van der Waals surface area contributed by atoms with E-state index in [4.69, 9.17) is 37.0 Å². The summed E-state index contributed by atoms with van der Waals surface area (Å²) in [5.74, 6) is 8.09. The lowest BCUT2D eigenvalue weighted by Crippen LogP contribution is -2.45. The standard InChI is InChI=1S/C20H21ClN4O.C7H7BrO.CH2O/c1-14-9-11-24(2)20(15-3-6-17(7-4-15)26-12-10-22)25(23)19-8-5-16(21)13-18(14)19;1-9-7-4-2-6(8)3-5-7;1-2/h3-8,13,20H,1,9,11-12,23H2,2H3;2-5H,1H3;1H2. The van der Waals surface area contributed by atoms with Crippen LogP contribution < -0.4 is 20.3 Å². The molecular weight excluding hydrogens is 556 g/mol. The lowest BCUT2D eigenvalue weighted by atomic mass is 9.99. The number of nitriles is 1. The summed E-state index contributed by atoms with van der Waals surface area (Å²) in [5, 5.41) is 11.0. The number of carbonyl (C=O) groups is 1. The van der Waals surface area contributed by atoms with Crippen LogP contribution in [-0.2, 0) is 4.79 Å². The van der Waals surface area contributed by atoms with Gasteiger partial charge in [0.2, 0.25) is 0 Å². The van der Waals surface area contributed by atoms with Crippen LogP contribution in [0.2, 0.25) is 5.02 Å². The van der Waals surface area contributed by atoms with Gasteiger partial charge in [-0.2, -0.15) is 5.26 Å². The Hall–Kier alpha value is -3.35. The summed E-state index contributed by atoms with van der Waals surface area (Å²) in [7, 11) is 3.70. The van der Waals surface area contributed by atoms with Crippen LogP contribution in [0.25, 0.3) is 5.57 Å². The Labute approximate surface area is 231 Å². The molecule has 0 saturated heterocycles. The molecule has 1 aliphatic rings. The predicted octanol–water partition coefficient (Wildman–Crippen LogP) is 6.24. The first-order chi connectivity index (χ1) is 17.8. The number of anilines is 1. The summed E-state index contributed by atoms with van der Waals surface area (Å²) >= 11 is 9.50. The maximum atomic E-state index is 8.63. The van der Waals surface area contributed by atoms with E-state index in [9.17, 15) is 0 Å². The van der Waals surface area contributed by atoms with E-state index < -0.39 is 0 Å². The zero-order chi connectivity index (χ0) is 27.4. The summed E-state index contributed by atoms with van der Waals surface area (Å²) < 4.78 is 11.4. The molecular formula is C28H30BrClN4O3. The zero-order valence-corrected chi connectivity index (χ0v) is 23.2. The van der Waals surface area contributed by atoms with Gasteiger partial charge >= 0.3 is 0 Å². The van der Waals surface area contributed by atoms with Crippen molar-refractivity contribution in [3.63, 3.8) is 0 Å². The molecule has 0 bridgehead atoms. The maximum Gasteiger partial charge on any atom is 0.174 e. The topological polar surface area (TPSA) is 91.8 Å². The van der Waals surface area contributed by atoms with Crippen molar-refractivity contribution >= 4 is 45.6 Å². The van der Waals surface area contributed by atoms with E-state index in [0.29, 0.717) is 10.8 Å². The molecule has 0 aromatic heterocycles. The number of fused-ring (bicyclic) bond motifs is 1. The van der Waals surface area contributed by atoms with E-state index in [1.54, 1.807) is 12.1 Å². The summed E-state index contributed by atoms with van der Waals surface area (Å²) in [6, 6.07) is 23.0. The molecule has 194 valence electrons. The van der Waals surface area contributed by atoms with Gasteiger partial charge in [-0.25, -0.2) is 5.84 Å². The van der Waals surface area contributed by atoms with Crippen LogP contribution in [0, 0.1) is 11.3 Å². The molecule has 1 unspecified atom stereocenters. The number of methoxy groups -OCH3 is 1. The second-order valence-corrected chi connectivity index (χ2v) is 9.30. The monoisotopic (exact) mass is 584 g/mol. The molecule has 4 rings (SSSR count). The van der Waals surface area contributed by atoms with Crippen molar-refractivity contribution in [2.75, 3.05) is 32.3 Å². The zero-order valence-electron chi connectivity index (χ0n) is 20.9. The summed E-state index contributed by atoms with van der Waals surface area (Å²) in [6.45, 7) is 7.04. The second kappa shape index (κ2) is 15.0. The van der Waals surface area contributed by atoms with Gasteiger partial charge in [-0.05, 0) is 79.2 Å². The smallest absolute Gasteiger partial charge is 0.174 e. The maximum absolute atomic E-state index is 8.63. The van der Waals surface area contributed by atoms with Crippen LogP contribution in [0.5, 0.6) is 11.5 Å². The van der Waals surface area contributed by atoms with Crippen molar-refractivity contribution in [2.45, 2.75) is 12.6 Å².